The van der Waals surface area contributed by atoms with Gasteiger partial charge in [-0.1, -0.05) is 0 Å². The second kappa shape index (κ2) is 5.31. The fraction of sp³-hybridized carbons (Fsp3) is 0.333. The van der Waals surface area contributed by atoms with Crippen molar-refractivity contribution in [2.75, 3.05) is 5.73 Å². The summed E-state index contributed by atoms with van der Waals surface area (Å²) >= 11 is 1.58. The molecule has 0 radical (unpaired) electrons. The number of hydrogen-bond acceptors (Lipinski definition) is 6. The predicted octanol–water partition coefficient (Wildman–Crippen LogP) is 1.62. The van der Waals surface area contributed by atoms with Crippen LogP contribution < -0.4 is 11.1 Å². The highest BCUT2D eigenvalue weighted by atomic mass is 32.1. The van der Waals surface area contributed by atoms with Crippen molar-refractivity contribution in [3.8, 4) is 0 Å². The van der Waals surface area contributed by atoms with Gasteiger partial charge in [-0.25, -0.2) is 9.97 Å². The lowest BCUT2D eigenvalue weighted by Crippen LogP contribution is -2.27. The highest BCUT2D eigenvalue weighted by molar-refractivity contribution is 7.11. The fourth-order valence-corrected chi connectivity index (χ4v) is 2.71. The number of anilines is 1. The van der Waals surface area contributed by atoms with Gasteiger partial charge >= 0.3 is 0 Å². The molecule has 2 aromatic heterocycles. The molecule has 2 rings (SSSR count). The van der Waals surface area contributed by atoms with Crippen LogP contribution in [0.1, 0.15) is 39.0 Å². The average molecular weight is 277 g/mol. The second-order valence-corrected chi connectivity index (χ2v) is 5.44. The highest BCUT2D eigenvalue weighted by Crippen LogP contribution is 2.24. The number of nitrogens with zero attached hydrogens (tertiary/aromatic N) is 3. The van der Waals surface area contributed by atoms with Crippen molar-refractivity contribution < 1.29 is 4.79 Å². The minimum absolute atomic E-state index is 0.123. The van der Waals surface area contributed by atoms with Crippen LogP contribution in [0.2, 0.25) is 0 Å². The second-order valence-electron chi connectivity index (χ2n) is 4.21. The molecule has 0 bridgehead atoms. The molecule has 0 saturated heterocycles. The molecule has 0 fully saturated rings. The third-order valence-corrected chi connectivity index (χ3v) is 3.82. The van der Waals surface area contributed by atoms with Gasteiger partial charge in [0, 0.05) is 4.88 Å². The number of aryl methyl sites for hydroxylation is 2. The zero-order valence-corrected chi connectivity index (χ0v) is 11.8. The van der Waals surface area contributed by atoms with E-state index >= 15 is 0 Å². The molecule has 1 unspecified atom stereocenters. The molecule has 0 aliphatic carbocycles. The molecular weight excluding hydrogens is 262 g/mol. The van der Waals surface area contributed by atoms with Crippen LogP contribution >= 0.6 is 11.3 Å². The summed E-state index contributed by atoms with van der Waals surface area (Å²) in [7, 11) is 0. The van der Waals surface area contributed by atoms with Crippen molar-refractivity contribution in [3.05, 3.63) is 33.7 Å². The first-order chi connectivity index (χ1) is 8.97. The van der Waals surface area contributed by atoms with Crippen molar-refractivity contribution in [2.24, 2.45) is 0 Å². The predicted molar refractivity (Wildman–Crippen MR) is 73.9 cm³/mol. The van der Waals surface area contributed by atoms with E-state index in [0.29, 0.717) is 0 Å². The summed E-state index contributed by atoms with van der Waals surface area (Å²) in [5, 5.41) is 3.85. The van der Waals surface area contributed by atoms with Gasteiger partial charge in [-0.05, 0) is 20.8 Å². The van der Waals surface area contributed by atoms with Gasteiger partial charge in [0.2, 0.25) is 0 Å². The molecule has 2 heterocycles. The molecule has 1 atom stereocenters. The minimum Gasteiger partial charge on any atom is -0.382 e. The molecule has 1 amide bonds. The van der Waals surface area contributed by atoms with Crippen LogP contribution in [0.4, 0.5) is 5.82 Å². The van der Waals surface area contributed by atoms with E-state index in [-0.39, 0.29) is 23.5 Å². The summed E-state index contributed by atoms with van der Waals surface area (Å²) in [6.07, 6.45) is 2.79. The number of nitrogens with one attached hydrogen (secondary N) is 1. The molecule has 0 aliphatic rings. The number of carbonyl (C=O) groups is 1. The number of nitrogens with two attached hydrogens (primary N) is 1. The lowest BCUT2D eigenvalue weighted by Gasteiger charge is -2.12. The van der Waals surface area contributed by atoms with Gasteiger partial charge in [-0.3, -0.25) is 9.78 Å². The summed E-state index contributed by atoms with van der Waals surface area (Å²) in [6, 6.07) is -0.123. The van der Waals surface area contributed by atoms with Crippen LogP contribution in [-0.2, 0) is 0 Å². The third kappa shape index (κ3) is 3.05. The number of aromatic nitrogens is 3. The molecule has 3 N–H and O–H groups in total. The maximum absolute atomic E-state index is 12.0. The third-order valence-electron chi connectivity index (χ3n) is 2.57. The molecule has 6 nitrogen and oxygen atoms in total. The first-order valence-electron chi connectivity index (χ1n) is 5.79. The largest absolute Gasteiger partial charge is 0.382 e. The van der Waals surface area contributed by atoms with E-state index in [4.69, 9.17) is 5.73 Å². The Morgan fingerprint density at radius 1 is 1.37 bits per heavy atom. The molecular formula is C12H15N5OS. The van der Waals surface area contributed by atoms with Gasteiger partial charge in [-0.2, -0.15) is 0 Å². The number of thiazole rings is 1. The van der Waals surface area contributed by atoms with E-state index in [1.165, 1.54) is 12.4 Å². The Morgan fingerprint density at radius 3 is 2.68 bits per heavy atom. The molecule has 100 valence electrons. The maximum atomic E-state index is 12.0. The Morgan fingerprint density at radius 2 is 2.11 bits per heavy atom. The SMILES string of the molecule is Cc1nc(C)c(C(C)NC(=O)c2cncc(N)n2)s1. The molecule has 0 spiro atoms. The van der Waals surface area contributed by atoms with E-state index in [1.807, 2.05) is 20.8 Å². The summed E-state index contributed by atoms with van der Waals surface area (Å²) in [6.45, 7) is 5.79. The molecule has 2 aromatic rings. The topological polar surface area (TPSA) is 93.8 Å². The average Bonchev–Trinajstić information content (AvgIpc) is 2.68. The summed E-state index contributed by atoms with van der Waals surface area (Å²) < 4.78 is 0. The first-order valence-corrected chi connectivity index (χ1v) is 6.61. The smallest absolute Gasteiger partial charge is 0.272 e. The molecule has 19 heavy (non-hydrogen) atoms. The standard InChI is InChI=1S/C12H15N5OS/c1-6-11(19-8(3)15-6)7(2)16-12(18)9-4-14-5-10(13)17-9/h4-5,7H,1-3H3,(H2,13,17)(H,16,18). The lowest BCUT2D eigenvalue weighted by molar-refractivity contribution is 0.0935. The Bertz CT molecular complexity index is 610. The van der Waals surface area contributed by atoms with Gasteiger partial charge in [0.25, 0.3) is 5.91 Å². The Hall–Kier alpha value is -2.02. The van der Waals surface area contributed by atoms with Crippen LogP contribution in [0, 0.1) is 13.8 Å². The van der Waals surface area contributed by atoms with Crippen molar-refractivity contribution in [2.45, 2.75) is 26.8 Å². The Kier molecular flexibility index (Phi) is 3.75. The molecule has 0 saturated carbocycles. The summed E-state index contributed by atoms with van der Waals surface area (Å²) in [5.41, 5.74) is 6.66. The van der Waals surface area contributed by atoms with E-state index in [9.17, 15) is 4.79 Å². The number of nitrogen functional groups attached to an aromatic ring is 1. The van der Waals surface area contributed by atoms with Crippen molar-refractivity contribution >= 4 is 23.1 Å². The van der Waals surface area contributed by atoms with E-state index < -0.39 is 0 Å². The van der Waals surface area contributed by atoms with Gasteiger partial charge in [-0.15, -0.1) is 11.3 Å². The molecule has 7 heteroatoms. The van der Waals surface area contributed by atoms with Crippen molar-refractivity contribution in [1.82, 2.24) is 20.3 Å². The minimum atomic E-state index is -0.294. The molecule has 0 aromatic carbocycles. The van der Waals surface area contributed by atoms with Gasteiger partial charge in [0.15, 0.2) is 0 Å². The Balaban J connectivity index is 2.13. The van der Waals surface area contributed by atoms with Crippen LogP contribution in [0.5, 0.6) is 0 Å². The van der Waals surface area contributed by atoms with Crippen LogP contribution in [0.3, 0.4) is 0 Å². The molecule has 0 aliphatic heterocycles. The van der Waals surface area contributed by atoms with Gasteiger partial charge < -0.3 is 11.1 Å². The van der Waals surface area contributed by atoms with Crippen LogP contribution in [0.25, 0.3) is 0 Å². The summed E-state index contributed by atoms with van der Waals surface area (Å²) in [4.78, 5) is 25.2. The number of amides is 1. The highest BCUT2D eigenvalue weighted by Gasteiger charge is 2.17. The normalized spacial score (nSPS) is 12.2. The van der Waals surface area contributed by atoms with Crippen LogP contribution in [-0.4, -0.2) is 20.9 Å². The Labute approximate surface area is 115 Å². The van der Waals surface area contributed by atoms with E-state index in [2.05, 4.69) is 20.3 Å². The first kappa shape index (κ1) is 13.4. The van der Waals surface area contributed by atoms with E-state index in [0.717, 1.165) is 15.6 Å². The van der Waals surface area contributed by atoms with Crippen molar-refractivity contribution in [3.63, 3.8) is 0 Å². The zero-order valence-electron chi connectivity index (χ0n) is 11.0. The van der Waals surface area contributed by atoms with Crippen molar-refractivity contribution in [1.29, 1.82) is 0 Å². The number of carbonyl (C=O) groups excluding carboxylic acids is 1. The number of rotatable bonds is 3. The quantitative estimate of drug-likeness (QED) is 0.889. The van der Waals surface area contributed by atoms with Gasteiger partial charge in [0.05, 0.1) is 29.1 Å². The maximum Gasteiger partial charge on any atom is 0.272 e. The fourth-order valence-electron chi connectivity index (χ4n) is 1.78. The monoisotopic (exact) mass is 277 g/mol. The zero-order chi connectivity index (χ0) is 14.0. The lowest BCUT2D eigenvalue weighted by atomic mass is 10.2. The van der Waals surface area contributed by atoms with E-state index in [1.54, 1.807) is 11.3 Å². The van der Waals surface area contributed by atoms with Gasteiger partial charge in [0.1, 0.15) is 11.5 Å². The summed E-state index contributed by atoms with van der Waals surface area (Å²) in [5.74, 6) is -0.0668. The van der Waals surface area contributed by atoms with Crippen LogP contribution in [0.15, 0.2) is 12.4 Å². The number of hydrogen-bond donors (Lipinski definition) is 2.